The van der Waals surface area contributed by atoms with Gasteiger partial charge in [-0.15, -0.1) is 6.42 Å². The minimum absolute atomic E-state index is 0.366. The van der Waals surface area contributed by atoms with Gasteiger partial charge in [0.15, 0.2) is 0 Å². The maximum atomic E-state index is 12.4. The van der Waals surface area contributed by atoms with Crippen LogP contribution in [0.25, 0.3) is 0 Å². The van der Waals surface area contributed by atoms with E-state index < -0.39 is 11.0 Å². The third-order valence-electron chi connectivity index (χ3n) is 5.15. The number of nitrogens with one attached hydrogen (secondary N) is 2. The number of rotatable bonds is 7. The molecule has 6 heteroatoms. The number of urea groups is 1. The van der Waals surface area contributed by atoms with Crippen molar-refractivity contribution in [3.8, 4) is 12.3 Å². The third-order valence-corrected chi connectivity index (χ3v) is 6.22. The van der Waals surface area contributed by atoms with Crippen LogP contribution in [-0.4, -0.2) is 41.0 Å². The van der Waals surface area contributed by atoms with Gasteiger partial charge in [-0.1, -0.05) is 12.0 Å². The summed E-state index contributed by atoms with van der Waals surface area (Å²) in [6.45, 7) is 1.34. The summed E-state index contributed by atoms with van der Waals surface area (Å²) < 4.78 is 14.7. The van der Waals surface area contributed by atoms with Gasteiger partial charge in [0.1, 0.15) is 11.0 Å². The number of hydrogen-bond donors (Lipinski definition) is 2. The Hall–Kier alpha value is -1.84. The average molecular weight is 374 g/mol. The fourth-order valence-corrected chi connectivity index (χ4v) is 4.71. The Morgan fingerprint density at radius 3 is 2.50 bits per heavy atom. The van der Waals surface area contributed by atoms with Gasteiger partial charge in [0.05, 0.1) is 6.54 Å². The number of terminal acetylenes is 1. The number of benzene rings is 1. The Bertz CT molecular complexity index is 722. The maximum Gasteiger partial charge on any atom is 0.331 e. The summed E-state index contributed by atoms with van der Waals surface area (Å²) in [5, 5.41) is 3.01. The minimum Gasteiger partial charge on any atom is -0.307 e. The van der Waals surface area contributed by atoms with Crippen LogP contribution in [0.2, 0.25) is 0 Å². The smallest absolute Gasteiger partial charge is 0.307 e. The molecule has 1 atom stereocenters. The number of aryl methyl sites for hydroxylation is 2. The van der Waals surface area contributed by atoms with Gasteiger partial charge in [0.25, 0.3) is 0 Å². The molecule has 1 aromatic carbocycles. The van der Waals surface area contributed by atoms with Gasteiger partial charge >= 0.3 is 6.03 Å². The van der Waals surface area contributed by atoms with Crippen molar-refractivity contribution >= 4 is 22.7 Å². The predicted molar refractivity (Wildman–Crippen MR) is 107 cm³/mol. The van der Waals surface area contributed by atoms with E-state index >= 15 is 0 Å². The lowest BCUT2D eigenvalue weighted by molar-refractivity contribution is 0.257. The molecule has 0 bridgehead atoms. The van der Waals surface area contributed by atoms with Gasteiger partial charge in [-0.05, 0) is 80.8 Å². The fourth-order valence-electron chi connectivity index (χ4n) is 3.96. The molecule has 2 aliphatic rings. The number of anilines is 1. The van der Waals surface area contributed by atoms with Crippen molar-refractivity contribution in [1.82, 2.24) is 9.62 Å². The monoisotopic (exact) mass is 373 g/mol. The highest BCUT2D eigenvalue weighted by Crippen LogP contribution is 2.38. The van der Waals surface area contributed by atoms with E-state index in [1.165, 1.54) is 22.3 Å². The molecule has 2 aliphatic carbocycles. The summed E-state index contributed by atoms with van der Waals surface area (Å²) >= 11 is 0. The molecule has 3 rings (SSSR count). The van der Waals surface area contributed by atoms with E-state index in [1.807, 2.05) is 11.9 Å². The summed E-state index contributed by atoms with van der Waals surface area (Å²) in [5.74, 6) is 3.00. The minimum atomic E-state index is -1.38. The van der Waals surface area contributed by atoms with Gasteiger partial charge in [-0.25, -0.2) is 9.00 Å². The first kappa shape index (κ1) is 18.9. The highest BCUT2D eigenvalue weighted by Gasteiger charge is 2.25. The first-order chi connectivity index (χ1) is 12.6. The molecule has 1 aromatic rings. The molecular weight excluding hydrogens is 346 g/mol. The number of hydrogen-bond acceptors (Lipinski definition) is 3. The molecule has 2 N–H and O–H groups in total. The second-order valence-electron chi connectivity index (χ2n) is 7.14. The molecule has 0 spiro atoms. The van der Waals surface area contributed by atoms with E-state index in [0.717, 1.165) is 57.2 Å². The Kier molecular flexibility index (Phi) is 6.33. The molecule has 0 saturated heterocycles. The van der Waals surface area contributed by atoms with E-state index in [0.29, 0.717) is 12.3 Å². The topological polar surface area (TPSA) is 61.4 Å². The Balaban J connectivity index is 1.56. The van der Waals surface area contributed by atoms with Gasteiger partial charge < -0.3 is 5.32 Å². The lowest BCUT2D eigenvalue weighted by atomic mass is 9.99. The lowest BCUT2D eigenvalue weighted by Gasteiger charge is -2.16. The van der Waals surface area contributed by atoms with E-state index in [1.54, 1.807) is 0 Å². The van der Waals surface area contributed by atoms with Crippen LogP contribution in [0, 0.1) is 12.3 Å². The Morgan fingerprint density at radius 1 is 1.23 bits per heavy atom. The molecular formula is C20H27N3O2S. The second kappa shape index (κ2) is 8.70. The van der Waals surface area contributed by atoms with Crippen molar-refractivity contribution in [1.29, 1.82) is 0 Å². The zero-order valence-electron chi connectivity index (χ0n) is 15.4. The fraction of sp³-hybridized carbons (Fsp3) is 0.550. The number of fused-ring (bicyclic) bond motifs is 2. The van der Waals surface area contributed by atoms with Crippen LogP contribution in [0.15, 0.2) is 6.07 Å². The number of amides is 2. The largest absolute Gasteiger partial charge is 0.331 e. The highest BCUT2D eigenvalue weighted by atomic mass is 32.2. The van der Waals surface area contributed by atoms with Gasteiger partial charge in [0.2, 0.25) is 0 Å². The van der Waals surface area contributed by atoms with Gasteiger partial charge in [-0.3, -0.25) is 9.62 Å². The zero-order chi connectivity index (χ0) is 18.5. The molecule has 140 valence electrons. The zero-order valence-corrected chi connectivity index (χ0v) is 16.2. The molecule has 0 heterocycles. The predicted octanol–water partition coefficient (Wildman–Crippen LogP) is 2.40. The second-order valence-corrected chi connectivity index (χ2v) is 8.44. The van der Waals surface area contributed by atoms with Crippen molar-refractivity contribution in [2.75, 3.05) is 31.2 Å². The molecule has 0 radical (unpaired) electrons. The van der Waals surface area contributed by atoms with E-state index in [9.17, 15) is 9.00 Å². The first-order valence-electron chi connectivity index (χ1n) is 9.33. The van der Waals surface area contributed by atoms with Crippen LogP contribution < -0.4 is 10.0 Å². The molecule has 0 saturated carbocycles. The van der Waals surface area contributed by atoms with Crippen molar-refractivity contribution in [2.45, 2.75) is 44.9 Å². The van der Waals surface area contributed by atoms with Crippen LogP contribution in [0.5, 0.6) is 0 Å². The molecule has 0 aromatic heterocycles. The molecule has 1 unspecified atom stereocenters. The van der Waals surface area contributed by atoms with Crippen LogP contribution in [-0.2, 0) is 36.7 Å². The highest BCUT2D eigenvalue weighted by molar-refractivity contribution is 7.83. The number of carbonyl (C=O) groups excluding carboxylic acids is 1. The van der Waals surface area contributed by atoms with E-state index in [-0.39, 0.29) is 6.03 Å². The maximum absolute atomic E-state index is 12.4. The third kappa shape index (κ3) is 4.46. The van der Waals surface area contributed by atoms with Gasteiger partial charge in [0, 0.05) is 11.4 Å². The quantitative estimate of drug-likeness (QED) is 0.722. The van der Waals surface area contributed by atoms with Crippen LogP contribution in [0.4, 0.5) is 10.5 Å². The first-order valence-corrected chi connectivity index (χ1v) is 10.6. The molecule has 5 nitrogen and oxygen atoms in total. The molecule has 26 heavy (non-hydrogen) atoms. The average Bonchev–Trinajstić information content (AvgIpc) is 3.23. The molecule has 0 aliphatic heterocycles. The van der Waals surface area contributed by atoms with Crippen LogP contribution in [0.1, 0.15) is 41.5 Å². The molecule has 0 fully saturated rings. The van der Waals surface area contributed by atoms with Crippen LogP contribution in [0.3, 0.4) is 0 Å². The summed E-state index contributed by atoms with van der Waals surface area (Å²) in [4.78, 5) is 14.4. The van der Waals surface area contributed by atoms with E-state index in [4.69, 9.17) is 6.42 Å². The summed E-state index contributed by atoms with van der Waals surface area (Å²) in [6, 6.07) is 1.97. The lowest BCUT2D eigenvalue weighted by Crippen LogP contribution is -2.33. The van der Waals surface area contributed by atoms with Crippen LogP contribution >= 0.6 is 0 Å². The standard InChI is InChI=1S/C20H27N3O2S/c1-3-11-23(2)12-6-13-26(25)22-20(24)21-19-17-9-4-7-15(17)14-16-8-5-10-18(16)19/h1,14H,4-13H2,2H3,(H2,21,22,24). The normalized spacial score (nSPS) is 16.0. The summed E-state index contributed by atoms with van der Waals surface area (Å²) in [5.41, 5.74) is 6.29. The summed E-state index contributed by atoms with van der Waals surface area (Å²) in [6.07, 6.45) is 12.5. The Labute approximate surface area is 158 Å². The summed E-state index contributed by atoms with van der Waals surface area (Å²) in [7, 11) is 0.549. The van der Waals surface area contributed by atoms with Crippen molar-refractivity contribution in [2.24, 2.45) is 0 Å². The SMILES string of the molecule is C#CCN(C)CCCS(=O)NC(=O)Nc1c2c(cc3c1CCC3)CCC2. The molecule has 2 amide bonds. The van der Waals surface area contributed by atoms with E-state index in [2.05, 4.69) is 22.0 Å². The number of nitrogens with zero attached hydrogens (tertiary/aromatic N) is 1. The van der Waals surface area contributed by atoms with Crippen molar-refractivity contribution in [3.63, 3.8) is 0 Å². The van der Waals surface area contributed by atoms with Crippen molar-refractivity contribution < 1.29 is 9.00 Å². The van der Waals surface area contributed by atoms with Gasteiger partial charge in [-0.2, -0.15) is 0 Å². The number of carbonyl (C=O) groups is 1. The van der Waals surface area contributed by atoms with Crippen molar-refractivity contribution in [3.05, 3.63) is 28.3 Å². The Morgan fingerprint density at radius 2 is 1.88 bits per heavy atom.